The number of hydrogen-bond acceptors (Lipinski definition) is 6. The van der Waals surface area contributed by atoms with E-state index in [0.29, 0.717) is 32.0 Å². The molecule has 1 saturated heterocycles. The monoisotopic (exact) mass is 419 g/mol. The highest BCUT2D eigenvalue weighted by atomic mass is 32.2. The summed E-state index contributed by atoms with van der Waals surface area (Å²) in [5.41, 5.74) is 0. The zero-order chi connectivity index (χ0) is 20.9. The molecule has 2 aromatic rings. The minimum atomic E-state index is -4.05. The Kier molecular flexibility index (Phi) is 6.44. The van der Waals surface area contributed by atoms with Crippen molar-refractivity contribution in [1.29, 1.82) is 0 Å². The first kappa shape index (κ1) is 21.1. The Hall–Kier alpha value is -2.58. The van der Waals surface area contributed by atoms with E-state index in [-0.39, 0.29) is 17.7 Å². The molecular formula is C21H25NO6S. The van der Waals surface area contributed by atoms with E-state index in [9.17, 15) is 18.3 Å². The molecule has 0 radical (unpaired) electrons. The second-order valence-electron chi connectivity index (χ2n) is 6.98. The first-order valence-electron chi connectivity index (χ1n) is 9.41. The molecule has 8 heteroatoms. The van der Waals surface area contributed by atoms with Crippen molar-refractivity contribution in [2.45, 2.75) is 22.5 Å². The van der Waals surface area contributed by atoms with Gasteiger partial charge in [0.05, 0.1) is 12.0 Å². The number of piperidine rings is 1. The van der Waals surface area contributed by atoms with E-state index in [4.69, 9.17) is 9.47 Å². The highest BCUT2D eigenvalue weighted by Gasteiger charge is 2.53. The van der Waals surface area contributed by atoms with Crippen molar-refractivity contribution in [2.24, 2.45) is 0 Å². The van der Waals surface area contributed by atoms with Gasteiger partial charge in [-0.2, -0.15) is 0 Å². The van der Waals surface area contributed by atoms with Gasteiger partial charge in [-0.3, -0.25) is 9.69 Å². The molecule has 3 rings (SSSR count). The van der Waals surface area contributed by atoms with Gasteiger partial charge in [-0.05, 0) is 49.2 Å². The van der Waals surface area contributed by atoms with Crippen molar-refractivity contribution in [1.82, 2.24) is 4.90 Å². The number of carboxylic acid groups (broad SMARTS) is 1. The summed E-state index contributed by atoms with van der Waals surface area (Å²) < 4.78 is 35.3. The molecule has 0 amide bonds. The summed E-state index contributed by atoms with van der Waals surface area (Å²) in [6, 6.07) is 15.3. The molecule has 0 atom stereocenters. The third-order valence-electron chi connectivity index (χ3n) is 5.36. The summed E-state index contributed by atoms with van der Waals surface area (Å²) in [5.74, 6) is -0.0125. The summed E-state index contributed by atoms with van der Waals surface area (Å²) in [4.78, 5) is 14.1. The van der Waals surface area contributed by atoms with Gasteiger partial charge >= 0.3 is 5.97 Å². The fourth-order valence-corrected chi connectivity index (χ4v) is 5.42. The van der Waals surface area contributed by atoms with E-state index < -0.39 is 20.6 Å². The number of benzene rings is 2. The lowest BCUT2D eigenvalue weighted by molar-refractivity contribution is -0.141. The number of methoxy groups -OCH3 is 1. The molecule has 0 spiro atoms. The van der Waals surface area contributed by atoms with Gasteiger partial charge in [-0.1, -0.05) is 18.2 Å². The fraction of sp³-hybridized carbons (Fsp3) is 0.381. The average molecular weight is 419 g/mol. The quantitative estimate of drug-likeness (QED) is 0.702. The molecule has 1 heterocycles. The SMILES string of the molecule is COc1ccc(S(=O)(=O)C2(C(=O)O)CCN(CCOc3ccccc3)CC2)cc1. The predicted octanol–water partition coefficient (Wildman–Crippen LogP) is 2.47. The van der Waals surface area contributed by atoms with E-state index >= 15 is 0 Å². The Bertz CT molecular complexity index is 919. The Morgan fingerprint density at radius 1 is 1.03 bits per heavy atom. The highest BCUT2D eigenvalue weighted by Crippen LogP contribution is 2.36. The van der Waals surface area contributed by atoms with Gasteiger partial charge in [-0.25, -0.2) is 8.42 Å². The molecule has 1 fully saturated rings. The number of aliphatic carboxylic acids is 1. The highest BCUT2D eigenvalue weighted by molar-refractivity contribution is 7.93. The summed E-state index contributed by atoms with van der Waals surface area (Å²) in [7, 11) is -2.56. The fourth-order valence-electron chi connectivity index (χ4n) is 3.53. The number of carbonyl (C=O) groups is 1. The van der Waals surface area contributed by atoms with Crippen LogP contribution in [0.15, 0.2) is 59.5 Å². The number of rotatable bonds is 8. The molecule has 0 aliphatic carbocycles. The lowest BCUT2D eigenvalue weighted by atomic mass is 9.96. The largest absolute Gasteiger partial charge is 0.497 e. The predicted molar refractivity (Wildman–Crippen MR) is 108 cm³/mol. The first-order chi connectivity index (χ1) is 13.9. The van der Waals surface area contributed by atoms with Gasteiger partial charge in [0.1, 0.15) is 18.1 Å². The van der Waals surface area contributed by atoms with E-state index in [0.717, 1.165) is 5.75 Å². The lowest BCUT2D eigenvalue weighted by Gasteiger charge is -2.38. The van der Waals surface area contributed by atoms with Gasteiger partial charge < -0.3 is 14.6 Å². The van der Waals surface area contributed by atoms with Crippen LogP contribution < -0.4 is 9.47 Å². The van der Waals surface area contributed by atoms with Crippen LogP contribution in [0.2, 0.25) is 0 Å². The maximum atomic E-state index is 13.2. The second kappa shape index (κ2) is 8.84. The van der Waals surface area contributed by atoms with E-state index in [1.807, 2.05) is 35.2 Å². The minimum Gasteiger partial charge on any atom is -0.497 e. The molecule has 0 bridgehead atoms. The summed E-state index contributed by atoms with van der Waals surface area (Å²) in [5, 5.41) is 9.85. The number of carboxylic acids is 1. The Morgan fingerprint density at radius 2 is 1.66 bits per heavy atom. The second-order valence-corrected chi connectivity index (χ2v) is 9.24. The smallest absolute Gasteiger partial charge is 0.325 e. The van der Waals surface area contributed by atoms with Gasteiger partial charge in [0.2, 0.25) is 0 Å². The third kappa shape index (κ3) is 4.38. The molecule has 156 valence electrons. The number of likely N-dealkylation sites (tertiary alicyclic amines) is 1. The van der Waals surface area contributed by atoms with Crippen LogP contribution in [0.5, 0.6) is 11.5 Å². The van der Waals surface area contributed by atoms with Crippen LogP contribution >= 0.6 is 0 Å². The van der Waals surface area contributed by atoms with Gasteiger partial charge in [0, 0.05) is 19.6 Å². The lowest BCUT2D eigenvalue weighted by Crippen LogP contribution is -2.54. The third-order valence-corrected chi connectivity index (χ3v) is 7.86. The summed E-state index contributed by atoms with van der Waals surface area (Å²) in [6.45, 7) is 1.81. The van der Waals surface area contributed by atoms with Gasteiger partial charge in [0.25, 0.3) is 0 Å². The van der Waals surface area contributed by atoms with Crippen LogP contribution in [0.25, 0.3) is 0 Å². The molecule has 0 saturated carbocycles. The average Bonchev–Trinajstić information content (AvgIpc) is 2.74. The molecular weight excluding hydrogens is 394 g/mol. The van der Waals surface area contributed by atoms with Gasteiger partial charge in [0.15, 0.2) is 14.6 Å². The first-order valence-corrected chi connectivity index (χ1v) is 10.9. The minimum absolute atomic E-state index is 0.00145. The van der Waals surface area contributed by atoms with Crippen molar-refractivity contribution in [3.8, 4) is 11.5 Å². The number of hydrogen-bond donors (Lipinski definition) is 1. The maximum absolute atomic E-state index is 13.2. The maximum Gasteiger partial charge on any atom is 0.325 e. The number of sulfone groups is 1. The molecule has 2 aromatic carbocycles. The molecule has 29 heavy (non-hydrogen) atoms. The van der Waals surface area contributed by atoms with E-state index in [1.165, 1.54) is 31.4 Å². The zero-order valence-corrected chi connectivity index (χ0v) is 17.1. The molecule has 1 aliphatic rings. The zero-order valence-electron chi connectivity index (χ0n) is 16.3. The van der Waals surface area contributed by atoms with Crippen LogP contribution in [-0.4, -0.2) is 62.5 Å². The number of para-hydroxylation sites is 1. The summed E-state index contributed by atoms with van der Waals surface area (Å²) in [6.07, 6.45) is 0.0596. The van der Waals surface area contributed by atoms with Crippen LogP contribution in [-0.2, 0) is 14.6 Å². The molecule has 1 N–H and O–H groups in total. The molecule has 7 nitrogen and oxygen atoms in total. The van der Waals surface area contributed by atoms with Gasteiger partial charge in [-0.15, -0.1) is 0 Å². The van der Waals surface area contributed by atoms with Crippen molar-refractivity contribution in [3.63, 3.8) is 0 Å². The van der Waals surface area contributed by atoms with Crippen molar-refractivity contribution >= 4 is 15.8 Å². The van der Waals surface area contributed by atoms with Crippen LogP contribution in [0.3, 0.4) is 0 Å². The Balaban J connectivity index is 1.66. The van der Waals surface area contributed by atoms with Crippen molar-refractivity contribution < 1.29 is 27.8 Å². The molecule has 0 aromatic heterocycles. The van der Waals surface area contributed by atoms with Crippen LogP contribution in [0, 0.1) is 0 Å². The molecule has 0 unspecified atom stereocenters. The Labute approximate surface area is 170 Å². The normalized spacial score (nSPS) is 16.9. The number of nitrogens with zero attached hydrogens (tertiary/aromatic N) is 1. The van der Waals surface area contributed by atoms with E-state index in [2.05, 4.69) is 0 Å². The Morgan fingerprint density at radius 3 is 2.21 bits per heavy atom. The van der Waals surface area contributed by atoms with Crippen molar-refractivity contribution in [3.05, 3.63) is 54.6 Å². The van der Waals surface area contributed by atoms with E-state index in [1.54, 1.807) is 0 Å². The van der Waals surface area contributed by atoms with Crippen LogP contribution in [0.1, 0.15) is 12.8 Å². The molecule has 1 aliphatic heterocycles. The van der Waals surface area contributed by atoms with Crippen molar-refractivity contribution in [2.75, 3.05) is 33.4 Å². The van der Waals surface area contributed by atoms with Crippen LogP contribution in [0.4, 0.5) is 0 Å². The standard InChI is InChI=1S/C21H25NO6S/c1-27-17-7-9-19(10-8-17)29(25,26)21(20(23)24)11-13-22(14-12-21)15-16-28-18-5-3-2-4-6-18/h2-10H,11-16H2,1H3,(H,23,24). The summed E-state index contributed by atoms with van der Waals surface area (Å²) >= 11 is 0. The topological polar surface area (TPSA) is 93.1 Å². The number of ether oxygens (including phenoxy) is 2.